The zero-order valence-corrected chi connectivity index (χ0v) is 13.4. The fourth-order valence-electron chi connectivity index (χ4n) is 1.80. The average Bonchev–Trinajstić information content (AvgIpc) is 2.55. The Morgan fingerprint density at radius 1 is 1.39 bits per heavy atom. The molecule has 0 aliphatic carbocycles. The first-order valence-electron chi connectivity index (χ1n) is 7.00. The van der Waals surface area contributed by atoms with Crippen molar-refractivity contribution in [2.45, 2.75) is 26.3 Å². The van der Waals surface area contributed by atoms with Gasteiger partial charge < -0.3 is 10.1 Å². The Morgan fingerprint density at radius 2 is 2.17 bits per heavy atom. The number of rotatable bonds is 7. The van der Waals surface area contributed by atoms with Gasteiger partial charge in [-0.2, -0.15) is 0 Å². The summed E-state index contributed by atoms with van der Waals surface area (Å²) in [5.41, 5.74) is 0.692. The van der Waals surface area contributed by atoms with Gasteiger partial charge >= 0.3 is 0 Å². The summed E-state index contributed by atoms with van der Waals surface area (Å²) >= 11 is 6.21. The van der Waals surface area contributed by atoms with Gasteiger partial charge in [0, 0.05) is 12.1 Å². The molecule has 0 amide bonds. The molecule has 2 rings (SSSR count). The quantitative estimate of drug-likeness (QED) is 0.612. The zero-order chi connectivity index (χ0) is 16.8. The van der Waals surface area contributed by atoms with E-state index in [1.165, 1.54) is 18.5 Å². The van der Waals surface area contributed by atoms with Crippen molar-refractivity contribution in [2.24, 2.45) is 0 Å². The maximum Gasteiger partial charge on any atom is 0.287 e. The molecule has 1 atom stereocenters. The van der Waals surface area contributed by atoms with Gasteiger partial charge in [0.1, 0.15) is 30.0 Å². The lowest BCUT2D eigenvalue weighted by Gasteiger charge is -2.16. The Bertz CT molecular complexity index is 681. The summed E-state index contributed by atoms with van der Waals surface area (Å²) in [6, 6.07) is 2.71. The fraction of sp³-hybridized carbons (Fsp3) is 0.357. The number of nitro groups is 1. The minimum atomic E-state index is -0.511. The Morgan fingerprint density at radius 3 is 2.78 bits per heavy atom. The van der Waals surface area contributed by atoms with E-state index in [2.05, 4.69) is 20.3 Å². The first kappa shape index (κ1) is 16.9. The summed E-state index contributed by atoms with van der Waals surface area (Å²) in [6.07, 6.45) is 3.33. The molecule has 0 aromatic carbocycles. The molecule has 2 aromatic heterocycles. The van der Waals surface area contributed by atoms with E-state index in [1.807, 2.05) is 13.8 Å². The van der Waals surface area contributed by atoms with Gasteiger partial charge in [-0.1, -0.05) is 18.5 Å². The highest BCUT2D eigenvalue weighted by Gasteiger charge is 2.12. The summed E-state index contributed by atoms with van der Waals surface area (Å²) in [5.74, 6) is 0.860. The van der Waals surface area contributed by atoms with Gasteiger partial charge in [-0.05, 0) is 13.3 Å². The van der Waals surface area contributed by atoms with Gasteiger partial charge in [-0.3, -0.25) is 10.1 Å². The van der Waals surface area contributed by atoms with Gasteiger partial charge in [0.2, 0.25) is 5.88 Å². The van der Waals surface area contributed by atoms with Crippen molar-refractivity contribution in [3.05, 3.63) is 45.5 Å². The lowest BCUT2D eigenvalue weighted by atomic mass is 10.3. The van der Waals surface area contributed by atoms with E-state index in [0.29, 0.717) is 29.7 Å². The number of pyridine rings is 1. The van der Waals surface area contributed by atoms with Crippen LogP contribution in [0.3, 0.4) is 0 Å². The second-order valence-corrected chi connectivity index (χ2v) is 5.18. The Hall–Kier alpha value is -2.48. The normalized spacial score (nSPS) is 11.8. The third-order valence-electron chi connectivity index (χ3n) is 2.99. The molecule has 0 spiro atoms. The predicted molar refractivity (Wildman–Crippen MR) is 85.9 cm³/mol. The van der Waals surface area contributed by atoms with Crippen LogP contribution in [-0.4, -0.2) is 32.5 Å². The van der Waals surface area contributed by atoms with Crippen LogP contribution in [0, 0.1) is 10.1 Å². The van der Waals surface area contributed by atoms with Gasteiger partial charge in [0.25, 0.3) is 5.69 Å². The number of ether oxygens (including phenoxy) is 1. The molecule has 122 valence electrons. The number of hydrogen-bond donors (Lipinski definition) is 1. The summed E-state index contributed by atoms with van der Waals surface area (Å²) in [7, 11) is 0. The maximum absolute atomic E-state index is 10.6. The highest BCUT2D eigenvalue weighted by atomic mass is 35.5. The van der Waals surface area contributed by atoms with Gasteiger partial charge in [0.05, 0.1) is 16.7 Å². The van der Waals surface area contributed by atoms with Crippen LogP contribution in [-0.2, 0) is 6.42 Å². The molecule has 1 unspecified atom stereocenters. The monoisotopic (exact) mass is 337 g/mol. The molecular formula is C14H16ClN5O3. The summed E-state index contributed by atoms with van der Waals surface area (Å²) < 4.78 is 5.49. The number of halogens is 1. The molecule has 1 N–H and O–H groups in total. The van der Waals surface area contributed by atoms with Crippen LogP contribution < -0.4 is 10.1 Å². The minimum Gasteiger partial charge on any atom is -0.475 e. The van der Waals surface area contributed by atoms with Gasteiger partial charge in [-0.25, -0.2) is 15.0 Å². The van der Waals surface area contributed by atoms with Gasteiger partial charge in [0.15, 0.2) is 0 Å². The maximum atomic E-state index is 10.6. The van der Waals surface area contributed by atoms with Crippen molar-refractivity contribution in [1.82, 2.24) is 15.0 Å². The van der Waals surface area contributed by atoms with E-state index in [9.17, 15) is 10.1 Å². The van der Waals surface area contributed by atoms with Crippen LogP contribution in [0.25, 0.3) is 0 Å². The van der Waals surface area contributed by atoms with E-state index in [-0.39, 0.29) is 11.7 Å². The first-order valence-corrected chi connectivity index (χ1v) is 7.38. The van der Waals surface area contributed by atoms with E-state index in [1.54, 1.807) is 0 Å². The molecule has 0 aliphatic rings. The summed E-state index contributed by atoms with van der Waals surface area (Å²) in [5, 5.41) is 14.2. The van der Waals surface area contributed by atoms with Crippen molar-refractivity contribution in [3.63, 3.8) is 0 Å². The molecule has 2 heterocycles. The Balaban J connectivity index is 1.92. The van der Waals surface area contributed by atoms with Crippen molar-refractivity contribution < 1.29 is 9.66 Å². The molecule has 0 aliphatic heterocycles. The number of anilines is 1. The second-order valence-electron chi connectivity index (χ2n) is 4.80. The molecule has 23 heavy (non-hydrogen) atoms. The standard InChI is InChI=1S/C14H16ClN5O3/c1-3-11-13(15)14(18-8-17-11)19-9(2)7-23-12-5-4-10(6-16-12)20(21)22/h4-6,8-9H,3,7H2,1-2H3,(H,17,18,19). The molecule has 0 radical (unpaired) electrons. The van der Waals surface area contributed by atoms with E-state index < -0.39 is 4.92 Å². The summed E-state index contributed by atoms with van der Waals surface area (Å²) in [4.78, 5) is 22.1. The minimum absolute atomic E-state index is 0.0802. The fourth-order valence-corrected chi connectivity index (χ4v) is 2.09. The van der Waals surface area contributed by atoms with Crippen molar-refractivity contribution in [1.29, 1.82) is 0 Å². The summed E-state index contributed by atoms with van der Waals surface area (Å²) in [6.45, 7) is 4.16. The van der Waals surface area contributed by atoms with Crippen LogP contribution in [0.2, 0.25) is 5.02 Å². The van der Waals surface area contributed by atoms with Crippen molar-refractivity contribution in [2.75, 3.05) is 11.9 Å². The molecule has 0 bridgehead atoms. The lowest BCUT2D eigenvalue weighted by Crippen LogP contribution is -2.24. The van der Waals surface area contributed by atoms with E-state index >= 15 is 0 Å². The third-order valence-corrected chi connectivity index (χ3v) is 3.39. The first-order chi connectivity index (χ1) is 11.0. The Kier molecular flexibility index (Phi) is 5.64. The van der Waals surface area contributed by atoms with E-state index in [0.717, 1.165) is 11.9 Å². The van der Waals surface area contributed by atoms with Crippen LogP contribution >= 0.6 is 11.6 Å². The van der Waals surface area contributed by atoms with Gasteiger partial charge in [-0.15, -0.1) is 0 Å². The highest BCUT2D eigenvalue weighted by Crippen LogP contribution is 2.22. The van der Waals surface area contributed by atoms with Crippen LogP contribution in [0.1, 0.15) is 19.5 Å². The Labute approximate surface area is 138 Å². The molecular weight excluding hydrogens is 322 g/mol. The molecule has 2 aromatic rings. The zero-order valence-electron chi connectivity index (χ0n) is 12.7. The predicted octanol–water partition coefficient (Wildman–Crippen LogP) is 2.88. The largest absolute Gasteiger partial charge is 0.475 e. The van der Waals surface area contributed by atoms with Crippen LogP contribution in [0.4, 0.5) is 11.5 Å². The smallest absolute Gasteiger partial charge is 0.287 e. The lowest BCUT2D eigenvalue weighted by molar-refractivity contribution is -0.385. The van der Waals surface area contributed by atoms with Crippen LogP contribution in [0.5, 0.6) is 5.88 Å². The topological polar surface area (TPSA) is 103 Å². The number of nitrogens with zero attached hydrogens (tertiary/aromatic N) is 4. The van der Waals surface area contributed by atoms with Crippen LogP contribution in [0.15, 0.2) is 24.7 Å². The van der Waals surface area contributed by atoms with Crippen molar-refractivity contribution in [3.8, 4) is 5.88 Å². The second kappa shape index (κ2) is 7.68. The van der Waals surface area contributed by atoms with Crippen molar-refractivity contribution >= 4 is 23.1 Å². The number of aromatic nitrogens is 3. The number of aryl methyl sites for hydroxylation is 1. The average molecular weight is 338 g/mol. The highest BCUT2D eigenvalue weighted by molar-refractivity contribution is 6.33. The molecule has 8 nitrogen and oxygen atoms in total. The molecule has 0 saturated carbocycles. The third kappa shape index (κ3) is 4.49. The van der Waals surface area contributed by atoms with E-state index in [4.69, 9.17) is 16.3 Å². The SMILES string of the molecule is CCc1ncnc(NC(C)COc2ccc([N+](=O)[O-])cn2)c1Cl. The number of hydrogen-bond acceptors (Lipinski definition) is 7. The number of nitrogens with one attached hydrogen (secondary N) is 1. The molecule has 0 saturated heterocycles. The molecule has 9 heteroatoms. The molecule has 0 fully saturated rings.